The molecule has 2 aromatic heterocycles. The summed E-state index contributed by atoms with van der Waals surface area (Å²) in [6, 6.07) is 14.2. The Balaban J connectivity index is 1.45. The van der Waals surface area contributed by atoms with E-state index in [1.54, 1.807) is 7.11 Å². The predicted molar refractivity (Wildman–Crippen MR) is 144 cm³/mol. The molecule has 8 nitrogen and oxygen atoms in total. The second-order valence-corrected chi connectivity index (χ2v) is 10.6. The van der Waals surface area contributed by atoms with Crippen molar-refractivity contribution in [1.29, 1.82) is 0 Å². The Morgan fingerprint density at radius 1 is 1.11 bits per heavy atom. The number of likely N-dealkylation sites (tertiary alicyclic amines) is 1. The van der Waals surface area contributed by atoms with E-state index in [1.807, 2.05) is 48.5 Å². The number of rotatable bonds is 6. The molecule has 2 N–H and O–H groups in total. The maximum absolute atomic E-state index is 13.5. The zero-order valence-corrected chi connectivity index (χ0v) is 21.7. The number of hydrogen-bond acceptors (Lipinski definition) is 5. The Labute approximate surface area is 217 Å². The van der Waals surface area contributed by atoms with Gasteiger partial charge in [0, 0.05) is 43.3 Å². The average molecular weight is 499 g/mol. The highest BCUT2D eigenvalue weighted by Gasteiger charge is 2.30. The number of amides is 1. The summed E-state index contributed by atoms with van der Waals surface area (Å²) in [5.41, 5.74) is 10.4. The van der Waals surface area contributed by atoms with Gasteiger partial charge in [-0.2, -0.15) is 0 Å². The molecule has 0 unspecified atom stereocenters. The van der Waals surface area contributed by atoms with Crippen LogP contribution in [0.4, 0.5) is 0 Å². The lowest BCUT2D eigenvalue weighted by molar-refractivity contribution is 0.0612. The maximum Gasteiger partial charge on any atom is 0.254 e. The fourth-order valence-corrected chi connectivity index (χ4v) is 5.52. The SMILES string of the molecule is COc1cc(C(=O)N2C[C@@H](N)CC[C@H]2C)cc2nc(-c3cnc(-c4ccccc4)n3CC3CC3)n(C)c12. The first-order chi connectivity index (χ1) is 17.9. The molecule has 6 rings (SSSR count). The monoisotopic (exact) mass is 498 g/mol. The van der Waals surface area contributed by atoms with Gasteiger partial charge in [0.05, 0.1) is 18.8 Å². The number of carbonyl (C=O) groups excluding carboxylic acids is 1. The fraction of sp³-hybridized carbons (Fsp3) is 0.414. The van der Waals surface area contributed by atoms with Crippen molar-refractivity contribution in [3.63, 3.8) is 0 Å². The molecule has 0 radical (unpaired) electrons. The number of methoxy groups -OCH3 is 1. The molecule has 1 saturated carbocycles. The number of fused-ring (bicyclic) bond motifs is 1. The molecule has 2 aliphatic rings. The van der Waals surface area contributed by atoms with Gasteiger partial charge in [-0.3, -0.25) is 4.79 Å². The highest BCUT2D eigenvalue weighted by molar-refractivity contribution is 6.00. The zero-order chi connectivity index (χ0) is 25.7. The summed E-state index contributed by atoms with van der Waals surface area (Å²) in [6.45, 7) is 3.57. The van der Waals surface area contributed by atoms with Crippen LogP contribution < -0.4 is 10.5 Å². The van der Waals surface area contributed by atoms with Gasteiger partial charge < -0.3 is 24.5 Å². The topological polar surface area (TPSA) is 91.2 Å². The van der Waals surface area contributed by atoms with Crippen molar-refractivity contribution >= 4 is 16.9 Å². The number of aromatic nitrogens is 4. The van der Waals surface area contributed by atoms with Crippen LogP contribution >= 0.6 is 0 Å². The Bertz CT molecular complexity index is 1450. The molecule has 192 valence electrons. The minimum Gasteiger partial charge on any atom is -0.494 e. The lowest BCUT2D eigenvalue weighted by Crippen LogP contribution is -2.50. The lowest BCUT2D eigenvalue weighted by atomic mass is 9.99. The van der Waals surface area contributed by atoms with Crippen molar-refractivity contribution in [3.8, 4) is 28.7 Å². The van der Waals surface area contributed by atoms with E-state index in [0.717, 1.165) is 53.3 Å². The van der Waals surface area contributed by atoms with Crippen LogP contribution in [0.1, 0.15) is 43.0 Å². The lowest BCUT2D eigenvalue weighted by Gasteiger charge is -2.36. The average Bonchev–Trinajstić information content (AvgIpc) is 3.55. The van der Waals surface area contributed by atoms with Gasteiger partial charge >= 0.3 is 0 Å². The van der Waals surface area contributed by atoms with Gasteiger partial charge in [0.1, 0.15) is 22.8 Å². The molecule has 8 heteroatoms. The van der Waals surface area contributed by atoms with Gasteiger partial charge in [-0.25, -0.2) is 9.97 Å². The van der Waals surface area contributed by atoms with Crippen LogP contribution in [0.5, 0.6) is 5.75 Å². The molecule has 1 amide bonds. The van der Waals surface area contributed by atoms with E-state index in [2.05, 4.69) is 28.2 Å². The van der Waals surface area contributed by atoms with E-state index in [9.17, 15) is 4.79 Å². The minimum atomic E-state index is -0.0276. The summed E-state index contributed by atoms with van der Waals surface area (Å²) in [6.07, 6.45) is 6.25. The number of imidazole rings is 2. The maximum atomic E-state index is 13.5. The molecular formula is C29H34N6O2. The van der Waals surface area contributed by atoms with E-state index in [4.69, 9.17) is 20.4 Å². The van der Waals surface area contributed by atoms with Gasteiger partial charge in [-0.15, -0.1) is 0 Å². The molecule has 1 saturated heterocycles. The van der Waals surface area contributed by atoms with Crippen molar-refractivity contribution in [2.45, 2.75) is 51.2 Å². The van der Waals surface area contributed by atoms with E-state index >= 15 is 0 Å². The second-order valence-electron chi connectivity index (χ2n) is 10.6. The van der Waals surface area contributed by atoms with E-state index in [-0.39, 0.29) is 18.0 Å². The van der Waals surface area contributed by atoms with E-state index < -0.39 is 0 Å². The van der Waals surface area contributed by atoms with E-state index in [0.29, 0.717) is 23.8 Å². The Morgan fingerprint density at radius 2 is 1.89 bits per heavy atom. The number of nitrogens with zero attached hydrogens (tertiary/aromatic N) is 5. The van der Waals surface area contributed by atoms with Crippen LogP contribution in [-0.4, -0.2) is 55.6 Å². The third-order valence-electron chi connectivity index (χ3n) is 7.83. The van der Waals surface area contributed by atoms with E-state index in [1.165, 1.54) is 12.8 Å². The first kappa shape index (κ1) is 23.7. The Morgan fingerprint density at radius 3 is 2.62 bits per heavy atom. The summed E-state index contributed by atoms with van der Waals surface area (Å²) in [5.74, 6) is 3.03. The number of carbonyl (C=O) groups is 1. The first-order valence-corrected chi connectivity index (χ1v) is 13.2. The van der Waals surface area contributed by atoms with Gasteiger partial charge in [0.15, 0.2) is 5.82 Å². The third kappa shape index (κ3) is 4.29. The van der Waals surface area contributed by atoms with Crippen LogP contribution in [0.25, 0.3) is 33.9 Å². The molecule has 0 spiro atoms. The van der Waals surface area contributed by atoms with Gasteiger partial charge in [0.25, 0.3) is 5.91 Å². The summed E-state index contributed by atoms with van der Waals surface area (Å²) in [4.78, 5) is 25.3. The molecule has 4 aromatic rings. The van der Waals surface area contributed by atoms with Crippen LogP contribution in [-0.2, 0) is 13.6 Å². The summed E-state index contributed by atoms with van der Waals surface area (Å²) >= 11 is 0. The molecule has 3 heterocycles. The van der Waals surface area contributed by atoms with Gasteiger partial charge in [0.2, 0.25) is 0 Å². The Kier molecular flexibility index (Phi) is 5.99. The predicted octanol–water partition coefficient (Wildman–Crippen LogP) is 4.47. The molecule has 1 aliphatic carbocycles. The second kappa shape index (κ2) is 9.34. The molecular weight excluding hydrogens is 464 g/mol. The summed E-state index contributed by atoms with van der Waals surface area (Å²) < 4.78 is 10.1. The van der Waals surface area contributed by atoms with Crippen LogP contribution in [0.2, 0.25) is 0 Å². The number of benzene rings is 2. The van der Waals surface area contributed by atoms with Crippen molar-refractivity contribution in [1.82, 2.24) is 24.0 Å². The number of aryl methyl sites for hydroxylation is 1. The quantitative estimate of drug-likeness (QED) is 0.423. The third-order valence-corrected chi connectivity index (χ3v) is 7.83. The van der Waals surface area contributed by atoms with Gasteiger partial charge in [-0.1, -0.05) is 30.3 Å². The fourth-order valence-electron chi connectivity index (χ4n) is 5.52. The van der Waals surface area contributed by atoms with Crippen molar-refractivity contribution < 1.29 is 9.53 Å². The largest absolute Gasteiger partial charge is 0.494 e. The first-order valence-electron chi connectivity index (χ1n) is 13.2. The van der Waals surface area contributed by atoms with Crippen LogP contribution in [0, 0.1) is 5.92 Å². The normalized spacial score (nSPS) is 19.9. The molecule has 0 bridgehead atoms. The van der Waals surface area contributed by atoms with Crippen LogP contribution in [0.15, 0.2) is 48.7 Å². The molecule has 2 fully saturated rings. The molecule has 1 aliphatic heterocycles. The minimum absolute atomic E-state index is 0.0118. The highest BCUT2D eigenvalue weighted by atomic mass is 16.5. The van der Waals surface area contributed by atoms with Crippen molar-refractivity contribution in [2.24, 2.45) is 18.7 Å². The van der Waals surface area contributed by atoms with Crippen LogP contribution in [0.3, 0.4) is 0 Å². The number of ether oxygens (including phenoxy) is 1. The molecule has 2 aromatic carbocycles. The number of nitrogens with two attached hydrogens (primary N) is 1. The number of hydrogen-bond donors (Lipinski definition) is 1. The Hall–Kier alpha value is -3.65. The zero-order valence-electron chi connectivity index (χ0n) is 21.7. The standard InChI is InChI=1S/C29H34N6O2/c1-18-9-12-22(30)17-34(18)29(36)21-13-23-26(25(14-21)37-3)33(2)28(32-23)24-15-31-27(20-7-5-4-6-8-20)35(24)16-19-10-11-19/h4-8,13-15,18-19,22H,9-12,16-17,30H2,1-3H3/t18-,22+/m1/s1. The molecule has 2 atom stereocenters. The summed E-state index contributed by atoms with van der Waals surface area (Å²) in [5, 5.41) is 0. The molecule has 37 heavy (non-hydrogen) atoms. The number of piperidine rings is 1. The van der Waals surface area contributed by atoms with Crippen molar-refractivity contribution in [2.75, 3.05) is 13.7 Å². The smallest absolute Gasteiger partial charge is 0.254 e. The van der Waals surface area contributed by atoms with Gasteiger partial charge in [-0.05, 0) is 50.7 Å². The highest BCUT2D eigenvalue weighted by Crippen LogP contribution is 2.37. The summed E-state index contributed by atoms with van der Waals surface area (Å²) in [7, 11) is 3.64. The van der Waals surface area contributed by atoms with Crippen molar-refractivity contribution in [3.05, 3.63) is 54.2 Å².